The molecule has 0 radical (unpaired) electrons. The molecule has 8 heteroatoms. The van der Waals surface area contributed by atoms with Crippen molar-refractivity contribution in [1.29, 1.82) is 0 Å². The largest absolute Gasteiger partial charge is 0.393 e. The zero-order valence-corrected chi connectivity index (χ0v) is 15.5. The first-order chi connectivity index (χ1) is 12.6. The van der Waals surface area contributed by atoms with Gasteiger partial charge in [0.2, 0.25) is 0 Å². The smallest absolute Gasteiger partial charge is 0.270 e. The molecular weight excluding hydrogens is 396 g/mol. The van der Waals surface area contributed by atoms with E-state index in [0.717, 1.165) is 11.3 Å². The maximum absolute atomic E-state index is 12.3. The quantitative estimate of drug-likeness (QED) is 0.476. The normalized spacial score (nSPS) is 10.2. The summed E-state index contributed by atoms with van der Waals surface area (Å²) in [7, 11) is 0. The minimum absolute atomic E-state index is 0.295. The third-order valence-electron chi connectivity index (χ3n) is 3.69. The van der Waals surface area contributed by atoms with Crippen LogP contribution in [0.4, 0.5) is 23.0 Å². The Morgan fingerprint density at radius 2 is 1.73 bits per heavy atom. The minimum Gasteiger partial charge on any atom is -0.393 e. The molecule has 0 unspecified atom stereocenters. The van der Waals surface area contributed by atoms with Crippen LogP contribution >= 0.6 is 15.9 Å². The molecule has 3 rings (SSSR count). The van der Waals surface area contributed by atoms with Crippen molar-refractivity contribution in [3.63, 3.8) is 0 Å². The standard InChI is InChI=1S/C18H17BrN6O/c1-11-6-2-5-9-14(11)23-16-15(20)17(22-10-21-16)24-25-18(26)12-7-3-4-8-13(12)19/h2-10H,20H2,1H3,(H,25,26)(H2,21,22,23,24). The topological polar surface area (TPSA) is 105 Å². The summed E-state index contributed by atoms with van der Waals surface area (Å²) in [5.41, 5.74) is 14.2. The maximum atomic E-state index is 12.3. The molecule has 0 aliphatic heterocycles. The number of hydrazine groups is 1. The Balaban J connectivity index is 1.74. The lowest BCUT2D eigenvalue weighted by Gasteiger charge is -2.14. The second kappa shape index (κ2) is 7.83. The molecule has 0 saturated heterocycles. The van der Waals surface area contributed by atoms with Crippen LogP contribution in [0.15, 0.2) is 59.3 Å². The number of hydrogen-bond donors (Lipinski definition) is 4. The van der Waals surface area contributed by atoms with Gasteiger partial charge >= 0.3 is 0 Å². The number of aromatic nitrogens is 2. The second-order valence-corrected chi connectivity index (χ2v) is 6.34. The number of carbonyl (C=O) groups is 1. The summed E-state index contributed by atoms with van der Waals surface area (Å²) in [6, 6.07) is 14.9. The number of para-hydroxylation sites is 1. The number of halogens is 1. The number of anilines is 4. The van der Waals surface area contributed by atoms with E-state index in [4.69, 9.17) is 5.73 Å². The summed E-state index contributed by atoms with van der Waals surface area (Å²) in [5, 5.41) is 3.17. The molecule has 3 aromatic rings. The predicted octanol–water partition coefficient (Wildman–Crippen LogP) is 3.63. The molecule has 2 aromatic carbocycles. The highest BCUT2D eigenvalue weighted by Crippen LogP contribution is 2.26. The van der Waals surface area contributed by atoms with Crippen LogP contribution in [-0.4, -0.2) is 15.9 Å². The second-order valence-electron chi connectivity index (χ2n) is 5.48. The summed E-state index contributed by atoms with van der Waals surface area (Å²) in [6.07, 6.45) is 1.36. The average Bonchev–Trinajstić information content (AvgIpc) is 2.64. The Morgan fingerprint density at radius 1 is 1.04 bits per heavy atom. The fourth-order valence-electron chi connectivity index (χ4n) is 2.26. The zero-order chi connectivity index (χ0) is 18.5. The van der Waals surface area contributed by atoms with Gasteiger partial charge in [0, 0.05) is 10.2 Å². The number of nitrogens with two attached hydrogens (primary N) is 1. The van der Waals surface area contributed by atoms with E-state index in [9.17, 15) is 4.79 Å². The van der Waals surface area contributed by atoms with Gasteiger partial charge in [-0.15, -0.1) is 0 Å². The monoisotopic (exact) mass is 412 g/mol. The van der Waals surface area contributed by atoms with Gasteiger partial charge in [-0.05, 0) is 46.6 Å². The van der Waals surface area contributed by atoms with Gasteiger partial charge in [0.1, 0.15) is 12.0 Å². The molecule has 5 N–H and O–H groups in total. The first-order valence-corrected chi connectivity index (χ1v) is 8.59. The Morgan fingerprint density at radius 3 is 2.50 bits per heavy atom. The fourth-order valence-corrected chi connectivity index (χ4v) is 2.73. The highest BCUT2D eigenvalue weighted by molar-refractivity contribution is 9.10. The Hall–Kier alpha value is -3.13. The van der Waals surface area contributed by atoms with Crippen LogP contribution in [0.1, 0.15) is 15.9 Å². The number of nitrogens with one attached hydrogen (secondary N) is 3. The fraction of sp³-hybridized carbons (Fsp3) is 0.0556. The summed E-state index contributed by atoms with van der Waals surface area (Å²) in [5.74, 6) is 0.437. The van der Waals surface area contributed by atoms with E-state index in [2.05, 4.69) is 42.1 Å². The van der Waals surface area contributed by atoms with Crippen molar-refractivity contribution in [2.45, 2.75) is 6.92 Å². The lowest BCUT2D eigenvalue weighted by Crippen LogP contribution is -2.30. The van der Waals surface area contributed by atoms with E-state index in [1.54, 1.807) is 18.2 Å². The highest BCUT2D eigenvalue weighted by atomic mass is 79.9. The van der Waals surface area contributed by atoms with Gasteiger partial charge in [-0.2, -0.15) is 0 Å². The van der Waals surface area contributed by atoms with Crippen molar-refractivity contribution in [3.8, 4) is 0 Å². The van der Waals surface area contributed by atoms with Crippen LogP contribution in [0.3, 0.4) is 0 Å². The third-order valence-corrected chi connectivity index (χ3v) is 4.39. The average molecular weight is 413 g/mol. The van der Waals surface area contributed by atoms with E-state index in [0.29, 0.717) is 27.4 Å². The molecule has 1 heterocycles. The first-order valence-electron chi connectivity index (χ1n) is 7.80. The predicted molar refractivity (Wildman–Crippen MR) is 106 cm³/mol. The molecule has 0 spiro atoms. The van der Waals surface area contributed by atoms with Gasteiger partial charge in [0.15, 0.2) is 11.6 Å². The Labute approximate surface area is 159 Å². The van der Waals surface area contributed by atoms with Crippen molar-refractivity contribution in [2.75, 3.05) is 16.5 Å². The molecule has 0 aliphatic rings. The SMILES string of the molecule is Cc1ccccc1Nc1ncnc(NNC(=O)c2ccccc2Br)c1N. The lowest BCUT2D eigenvalue weighted by atomic mass is 10.2. The number of nitrogens with zero attached hydrogens (tertiary/aromatic N) is 2. The van der Waals surface area contributed by atoms with Gasteiger partial charge in [-0.25, -0.2) is 9.97 Å². The van der Waals surface area contributed by atoms with Crippen LogP contribution in [-0.2, 0) is 0 Å². The number of carbonyl (C=O) groups excluding carboxylic acids is 1. The minimum atomic E-state index is -0.316. The van der Waals surface area contributed by atoms with Crippen LogP contribution in [0, 0.1) is 6.92 Å². The molecule has 0 saturated carbocycles. The molecule has 0 bridgehead atoms. The van der Waals surface area contributed by atoms with Crippen LogP contribution in [0.5, 0.6) is 0 Å². The van der Waals surface area contributed by atoms with Crippen LogP contribution < -0.4 is 21.9 Å². The molecule has 132 valence electrons. The van der Waals surface area contributed by atoms with Crippen molar-refractivity contribution >= 4 is 44.8 Å². The molecule has 0 fully saturated rings. The summed E-state index contributed by atoms with van der Waals surface area (Å²) in [6.45, 7) is 1.98. The summed E-state index contributed by atoms with van der Waals surface area (Å²) >= 11 is 3.34. The number of amides is 1. The van der Waals surface area contributed by atoms with Gasteiger partial charge < -0.3 is 11.1 Å². The van der Waals surface area contributed by atoms with Gasteiger partial charge in [0.25, 0.3) is 5.91 Å². The van der Waals surface area contributed by atoms with Crippen molar-refractivity contribution in [1.82, 2.24) is 15.4 Å². The van der Waals surface area contributed by atoms with Crippen molar-refractivity contribution < 1.29 is 4.79 Å². The zero-order valence-electron chi connectivity index (χ0n) is 14.0. The number of hydrogen-bond acceptors (Lipinski definition) is 6. The Kier molecular flexibility index (Phi) is 5.33. The Bertz CT molecular complexity index is 946. The lowest BCUT2D eigenvalue weighted by molar-refractivity contribution is 0.0962. The molecule has 1 amide bonds. The number of aryl methyl sites for hydroxylation is 1. The van der Waals surface area contributed by atoms with E-state index in [1.165, 1.54) is 6.33 Å². The van der Waals surface area contributed by atoms with Gasteiger partial charge in [-0.1, -0.05) is 30.3 Å². The molecule has 0 aliphatic carbocycles. The molecule has 1 aromatic heterocycles. The molecule has 0 atom stereocenters. The van der Waals surface area contributed by atoms with Crippen molar-refractivity contribution in [3.05, 3.63) is 70.5 Å². The highest BCUT2D eigenvalue weighted by Gasteiger charge is 2.12. The van der Waals surface area contributed by atoms with Gasteiger partial charge in [0.05, 0.1) is 5.56 Å². The number of rotatable bonds is 5. The first kappa shape index (κ1) is 17.7. The molecular formula is C18H17BrN6O. The molecule has 26 heavy (non-hydrogen) atoms. The maximum Gasteiger partial charge on any atom is 0.270 e. The van der Waals surface area contributed by atoms with E-state index in [-0.39, 0.29) is 5.91 Å². The summed E-state index contributed by atoms with van der Waals surface area (Å²) < 4.78 is 0.692. The number of nitrogen functional groups attached to an aromatic ring is 1. The van der Waals surface area contributed by atoms with E-state index < -0.39 is 0 Å². The third kappa shape index (κ3) is 3.92. The van der Waals surface area contributed by atoms with Crippen molar-refractivity contribution in [2.24, 2.45) is 0 Å². The van der Waals surface area contributed by atoms with E-state index in [1.807, 2.05) is 37.3 Å². The molecule has 7 nitrogen and oxygen atoms in total. The van der Waals surface area contributed by atoms with Gasteiger partial charge in [-0.3, -0.25) is 15.6 Å². The summed E-state index contributed by atoms with van der Waals surface area (Å²) in [4.78, 5) is 20.5. The van der Waals surface area contributed by atoms with Crippen LogP contribution in [0.25, 0.3) is 0 Å². The van der Waals surface area contributed by atoms with Crippen LogP contribution in [0.2, 0.25) is 0 Å². The number of benzene rings is 2. The van der Waals surface area contributed by atoms with E-state index >= 15 is 0 Å².